The van der Waals surface area contributed by atoms with Crippen LogP contribution in [0.2, 0.25) is 0 Å². The van der Waals surface area contributed by atoms with Gasteiger partial charge in [0.25, 0.3) is 0 Å². The van der Waals surface area contributed by atoms with Gasteiger partial charge in [-0.3, -0.25) is 0 Å². The van der Waals surface area contributed by atoms with Gasteiger partial charge in [-0.2, -0.15) is 0 Å². The van der Waals surface area contributed by atoms with Crippen LogP contribution in [0.25, 0.3) is 0 Å². The van der Waals surface area contributed by atoms with E-state index in [4.69, 9.17) is 4.74 Å². The summed E-state index contributed by atoms with van der Waals surface area (Å²) in [6.45, 7) is 4.49. The fourth-order valence-electron chi connectivity index (χ4n) is 3.32. The Morgan fingerprint density at radius 1 is 0.944 bits per heavy atom. The van der Waals surface area contributed by atoms with Crippen molar-refractivity contribution in [3.8, 4) is 0 Å². The average molecular weight is 253 g/mol. The highest BCUT2D eigenvalue weighted by atomic mass is 16.5. The summed E-state index contributed by atoms with van der Waals surface area (Å²) in [6.07, 6.45) is 14.1. The van der Waals surface area contributed by atoms with Crippen molar-refractivity contribution in [2.24, 2.45) is 5.92 Å². The van der Waals surface area contributed by atoms with Crippen molar-refractivity contribution in [1.29, 1.82) is 0 Å². The summed E-state index contributed by atoms with van der Waals surface area (Å²) in [7, 11) is 0. The van der Waals surface area contributed by atoms with Gasteiger partial charge in [-0.15, -0.1) is 0 Å². The summed E-state index contributed by atoms with van der Waals surface area (Å²) in [4.78, 5) is 0. The topological polar surface area (TPSA) is 21.3 Å². The second kappa shape index (κ2) is 8.16. The predicted molar refractivity (Wildman–Crippen MR) is 76.9 cm³/mol. The molecule has 2 aliphatic rings. The first-order valence-electron chi connectivity index (χ1n) is 8.19. The first-order chi connectivity index (χ1) is 8.84. The standard InChI is InChI=1S/C16H31NO/c1-14-8-10-15(11-9-14)17-12-5-13-18-16-6-3-2-4-7-16/h14-17H,2-13H2,1H3. The molecular formula is C16H31NO. The second-order valence-corrected chi connectivity index (χ2v) is 6.40. The van der Waals surface area contributed by atoms with Gasteiger partial charge in [0, 0.05) is 12.6 Å². The fraction of sp³-hybridized carbons (Fsp3) is 1.00. The summed E-state index contributed by atoms with van der Waals surface area (Å²) < 4.78 is 5.95. The summed E-state index contributed by atoms with van der Waals surface area (Å²) in [5.74, 6) is 0.956. The molecule has 2 rings (SSSR count). The van der Waals surface area contributed by atoms with E-state index in [0.717, 1.165) is 25.1 Å². The molecular weight excluding hydrogens is 222 g/mol. The molecule has 2 aliphatic carbocycles. The summed E-state index contributed by atoms with van der Waals surface area (Å²) in [5, 5.41) is 3.70. The fourth-order valence-corrected chi connectivity index (χ4v) is 3.32. The molecule has 0 aromatic carbocycles. The van der Waals surface area contributed by atoms with Gasteiger partial charge in [0.1, 0.15) is 0 Å². The number of ether oxygens (including phenoxy) is 1. The van der Waals surface area contributed by atoms with Gasteiger partial charge >= 0.3 is 0 Å². The average Bonchev–Trinajstić information content (AvgIpc) is 2.42. The van der Waals surface area contributed by atoms with E-state index in [9.17, 15) is 0 Å². The largest absolute Gasteiger partial charge is 0.378 e. The molecule has 0 unspecified atom stereocenters. The van der Waals surface area contributed by atoms with Crippen molar-refractivity contribution in [2.45, 2.75) is 83.3 Å². The highest BCUT2D eigenvalue weighted by molar-refractivity contribution is 4.75. The first-order valence-corrected chi connectivity index (χ1v) is 8.19. The molecule has 0 saturated heterocycles. The van der Waals surface area contributed by atoms with Gasteiger partial charge in [-0.05, 0) is 57.4 Å². The smallest absolute Gasteiger partial charge is 0.0575 e. The van der Waals surface area contributed by atoms with Gasteiger partial charge in [-0.25, -0.2) is 0 Å². The number of rotatable bonds is 6. The van der Waals surface area contributed by atoms with Crippen molar-refractivity contribution in [3.63, 3.8) is 0 Å². The number of nitrogens with one attached hydrogen (secondary N) is 1. The lowest BCUT2D eigenvalue weighted by atomic mass is 9.87. The maximum atomic E-state index is 5.95. The van der Waals surface area contributed by atoms with Crippen molar-refractivity contribution in [2.75, 3.05) is 13.2 Å². The van der Waals surface area contributed by atoms with Crippen LogP contribution in [-0.2, 0) is 4.74 Å². The molecule has 1 N–H and O–H groups in total. The summed E-state index contributed by atoms with van der Waals surface area (Å²) in [5.41, 5.74) is 0. The van der Waals surface area contributed by atoms with E-state index in [-0.39, 0.29) is 0 Å². The molecule has 2 fully saturated rings. The first kappa shape index (κ1) is 14.3. The van der Waals surface area contributed by atoms with Gasteiger partial charge < -0.3 is 10.1 Å². The maximum Gasteiger partial charge on any atom is 0.0575 e. The zero-order valence-electron chi connectivity index (χ0n) is 12.1. The highest BCUT2D eigenvalue weighted by Gasteiger charge is 2.17. The van der Waals surface area contributed by atoms with E-state index < -0.39 is 0 Å². The van der Waals surface area contributed by atoms with Crippen LogP contribution >= 0.6 is 0 Å². The van der Waals surface area contributed by atoms with Gasteiger partial charge in [-0.1, -0.05) is 26.2 Å². The molecule has 18 heavy (non-hydrogen) atoms. The molecule has 0 aromatic rings. The van der Waals surface area contributed by atoms with Crippen molar-refractivity contribution < 1.29 is 4.74 Å². The Kier molecular flexibility index (Phi) is 6.50. The van der Waals surface area contributed by atoms with E-state index in [1.807, 2.05) is 0 Å². The monoisotopic (exact) mass is 253 g/mol. The molecule has 2 heteroatoms. The van der Waals surface area contributed by atoms with Crippen LogP contribution in [0.5, 0.6) is 0 Å². The molecule has 0 heterocycles. The quantitative estimate of drug-likeness (QED) is 0.725. The molecule has 2 nitrogen and oxygen atoms in total. The summed E-state index contributed by atoms with van der Waals surface area (Å²) in [6, 6.07) is 0.788. The minimum absolute atomic E-state index is 0.578. The lowest BCUT2D eigenvalue weighted by Crippen LogP contribution is -2.34. The lowest BCUT2D eigenvalue weighted by Gasteiger charge is -2.27. The van der Waals surface area contributed by atoms with Gasteiger partial charge in [0.05, 0.1) is 6.10 Å². The van der Waals surface area contributed by atoms with E-state index in [1.165, 1.54) is 64.2 Å². The van der Waals surface area contributed by atoms with Crippen molar-refractivity contribution in [3.05, 3.63) is 0 Å². The lowest BCUT2D eigenvalue weighted by molar-refractivity contribution is 0.0269. The van der Waals surface area contributed by atoms with Crippen LogP contribution in [0.4, 0.5) is 0 Å². The highest BCUT2D eigenvalue weighted by Crippen LogP contribution is 2.23. The van der Waals surface area contributed by atoms with Crippen LogP contribution in [0.3, 0.4) is 0 Å². The number of hydrogen-bond acceptors (Lipinski definition) is 2. The molecule has 0 bridgehead atoms. The van der Waals surface area contributed by atoms with Crippen LogP contribution in [0.15, 0.2) is 0 Å². The Morgan fingerprint density at radius 2 is 1.67 bits per heavy atom. The Morgan fingerprint density at radius 3 is 2.39 bits per heavy atom. The zero-order valence-corrected chi connectivity index (χ0v) is 12.1. The zero-order chi connectivity index (χ0) is 12.6. The molecule has 0 amide bonds. The van der Waals surface area contributed by atoms with E-state index in [0.29, 0.717) is 6.10 Å². The molecule has 0 spiro atoms. The Bertz CT molecular complexity index is 205. The molecule has 0 aliphatic heterocycles. The minimum Gasteiger partial charge on any atom is -0.378 e. The normalized spacial score (nSPS) is 30.5. The van der Waals surface area contributed by atoms with E-state index in [1.54, 1.807) is 0 Å². The van der Waals surface area contributed by atoms with E-state index in [2.05, 4.69) is 12.2 Å². The number of hydrogen-bond donors (Lipinski definition) is 1. The van der Waals surface area contributed by atoms with Crippen molar-refractivity contribution >= 4 is 0 Å². The molecule has 0 radical (unpaired) electrons. The molecule has 2 saturated carbocycles. The third-order valence-electron chi connectivity index (χ3n) is 4.68. The Labute approximate surface area is 113 Å². The SMILES string of the molecule is CC1CCC(NCCCOC2CCCCC2)CC1. The third kappa shape index (κ3) is 5.27. The van der Waals surface area contributed by atoms with Gasteiger partial charge in [0.2, 0.25) is 0 Å². The molecule has 0 atom stereocenters. The Hall–Kier alpha value is -0.0800. The predicted octanol–water partition coefficient (Wildman–Crippen LogP) is 3.89. The van der Waals surface area contributed by atoms with Crippen LogP contribution in [0.1, 0.15) is 71.1 Å². The second-order valence-electron chi connectivity index (χ2n) is 6.40. The summed E-state index contributed by atoms with van der Waals surface area (Å²) >= 11 is 0. The van der Waals surface area contributed by atoms with Crippen LogP contribution in [0, 0.1) is 5.92 Å². The van der Waals surface area contributed by atoms with E-state index >= 15 is 0 Å². The van der Waals surface area contributed by atoms with Crippen molar-refractivity contribution in [1.82, 2.24) is 5.32 Å². The Balaban J connectivity index is 1.43. The van der Waals surface area contributed by atoms with Crippen LogP contribution in [-0.4, -0.2) is 25.3 Å². The van der Waals surface area contributed by atoms with Gasteiger partial charge in [0.15, 0.2) is 0 Å². The molecule has 106 valence electrons. The third-order valence-corrected chi connectivity index (χ3v) is 4.68. The van der Waals surface area contributed by atoms with Crippen LogP contribution < -0.4 is 5.32 Å². The molecule has 0 aromatic heterocycles. The maximum absolute atomic E-state index is 5.95. The minimum atomic E-state index is 0.578.